The van der Waals surface area contributed by atoms with Gasteiger partial charge in [-0.15, -0.1) is 0 Å². The van der Waals surface area contributed by atoms with Gasteiger partial charge in [-0.1, -0.05) is 60.3 Å². The van der Waals surface area contributed by atoms with Crippen molar-refractivity contribution in [3.8, 4) is 0 Å². The van der Waals surface area contributed by atoms with Crippen molar-refractivity contribution in [1.82, 2.24) is 20.7 Å². The van der Waals surface area contributed by atoms with Crippen LogP contribution in [0, 0.1) is 5.92 Å². The number of allylic oxidation sites excluding steroid dienone is 2. The largest absolute Gasteiger partial charge is 0.352 e. The Morgan fingerprint density at radius 3 is 2.65 bits per heavy atom. The van der Waals surface area contributed by atoms with Gasteiger partial charge in [-0.3, -0.25) is 24.2 Å². The molecule has 0 spiro atoms. The number of benzene rings is 1. The minimum absolute atomic E-state index is 0.0866. The molecule has 5 rings (SSSR count). The quantitative estimate of drug-likeness (QED) is 0.435. The maximum atomic E-state index is 14.3. The lowest BCUT2D eigenvalue weighted by Gasteiger charge is -2.50. The van der Waals surface area contributed by atoms with Crippen LogP contribution in [0.2, 0.25) is 10.0 Å². The van der Waals surface area contributed by atoms with Crippen LogP contribution in [0.15, 0.2) is 65.9 Å². The number of carbonyl (C=O) groups excluding carboxylic acids is 3. The number of halogens is 2. The molecule has 4 atom stereocenters. The van der Waals surface area contributed by atoms with Crippen molar-refractivity contribution in [2.75, 3.05) is 0 Å². The summed E-state index contributed by atoms with van der Waals surface area (Å²) in [6, 6.07) is 9.26. The molecule has 2 N–H and O–H groups in total. The number of hydroxylamine groups is 1. The third kappa shape index (κ3) is 5.94. The number of piperidine rings is 1. The number of fused-ring (bicyclic) bond motifs is 1. The van der Waals surface area contributed by atoms with Gasteiger partial charge >= 0.3 is 0 Å². The smallest absolute Gasteiger partial charge is 0.254 e. The third-order valence-electron chi connectivity index (χ3n) is 7.76. The fourth-order valence-corrected chi connectivity index (χ4v) is 6.63. The van der Waals surface area contributed by atoms with Gasteiger partial charge in [-0.05, 0) is 61.1 Å². The van der Waals surface area contributed by atoms with Crippen LogP contribution in [-0.2, 0) is 25.8 Å². The van der Waals surface area contributed by atoms with E-state index >= 15 is 0 Å². The van der Waals surface area contributed by atoms with E-state index in [1.54, 1.807) is 41.4 Å². The van der Waals surface area contributed by atoms with Gasteiger partial charge in [0.05, 0.1) is 23.7 Å². The van der Waals surface area contributed by atoms with Crippen LogP contribution in [0.25, 0.3) is 0 Å². The van der Waals surface area contributed by atoms with Gasteiger partial charge in [-0.25, -0.2) is 5.48 Å². The SMILES string of the molecule is CC(=O)N[C@H]1CCCC[C@@H]1N1C(=O)C2=CCCC=C2[C@@H](C(=O)NOCc2ccccn2)[C@@H]1c1ccc(Cl)cc1Cl. The fraction of sp³-hybridized carbons (Fsp3) is 0.400. The molecule has 2 fully saturated rings. The molecule has 1 aliphatic heterocycles. The van der Waals surface area contributed by atoms with Crippen LogP contribution in [0.4, 0.5) is 0 Å². The Bertz CT molecular complexity index is 1350. The van der Waals surface area contributed by atoms with Crippen LogP contribution < -0.4 is 10.8 Å². The van der Waals surface area contributed by atoms with E-state index in [1.807, 2.05) is 18.2 Å². The zero-order valence-electron chi connectivity index (χ0n) is 22.2. The third-order valence-corrected chi connectivity index (χ3v) is 8.33. The lowest BCUT2D eigenvalue weighted by Crippen LogP contribution is -2.60. The number of carbonyl (C=O) groups is 3. The van der Waals surface area contributed by atoms with Gasteiger partial charge in [-0.2, -0.15) is 0 Å². The highest BCUT2D eigenvalue weighted by Gasteiger charge is 2.51. The molecule has 0 bridgehead atoms. The number of amides is 3. The number of aromatic nitrogens is 1. The second-order valence-corrected chi connectivity index (χ2v) is 11.2. The van der Waals surface area contributed by atoms with Crippen LogP contribution in [0.3, 0.4) is 0 Å². The molecular formula is C30H32Cl2N4O4. The fourth-order valence-electron chi connectivity index (χ4n) is 6.11. The summed E-state index contributed by atoms with van der Waals surface area (Å²) in [5, 5.41) is 3.87. The van der Waals surface area contributed by atoms with Crippen molar-refractivity contribution >= 4 is 40.9 Å². The van der Waals surface area contributed by atoms with Crippen molar-refractivity contribution in [2.24, 2.45) is 5.92 Å². The molecule has 1 aromatic heterocycles. The number of rotatable bonds is 7. The highest BCUT2D eigenvalue weighted by molar-refractivity contribution is 6.35. The molecule has 0 radical (unpaired) electrons. The van der Waals surface area contributed by atoms with Gasteiger partial charge in [0.25, 0.3) is 11.8 Å². The first-order valence-corrected chi connectivity index (χ1v) is 14.4. The lowest BCUT2D eigenvalue weighted by atomic mass is 9.73. The second-order valence-electron chi connectivity index (χ2n) is 10.4. The van der Waals surface area contributed by atoms with Gasteiger partial charge in [0.15, 0.2) is 0 Å². The molecule has 8 nitrogen and oxygen atoms in total. The molecule has 2 heterocycles. The van der Waals surface area contributed by atoms with Crippen LogP contribution in [0.1, 0.15) is 62.7 Å². The Morgan fingerprint density at radius 2 is 1.90 bits per heavy atom. The van der Waals surface area contributed by atoms with Gasteiger partial charge in [0.1, 0.15) is 6.61 Å². The monoisotopic (exact) mass is 582 g/mol. The van der Waals surface area contributed by atoms with E-state index in [0.29, 0.717) is 51.7 Å². The number of hydrogen-bond acceptors (Lipinski definition) is 5. The Kier molecular flexibility index (Phi) is 8.88. The van der Waals surface area contributed by atoms with Crippen molar-refractivity contribution in [3.63, 3.8) is 0 Å². The molecule has 2 aromatic rings. The average Bonchev–Trinajstić information content (AvgIpc) is 2.94. The normalized spacial score (nSPS) is 24.5. The maximum Gasteiger partial charge on any atom is 0.254 e. The van der Waals surface area contributed by atoms with E-state index in [2.05, 4.69) is 15.8 Å². The number of nitrogens with one attached hydrogen (secondary N) is 2. The van der Waals surface area contributed by atoms with Crippen molar-refractivity contribution in [2.45, 2.75) is 70.2 Å². The van der Waals surface area contributed by atoms with E-state index in [9.17, 15) is 14.4 Å². The summed E-state index contributed by atoms with van der Waals surface area (Å²) in [5.74, 6) is -1.51. The topological polar surface area (TPSA) is 101 Å². The van der Waals surface area contributed by atoms with Gasteiger partial charge in [0, 0.05) is 34.8 Å². The maximum absolute atomic E-state index is 14.3. The highest BCUT2D eigenvalue weighted by atomic mass is 35.5. The summed E-state index contributed by atoms with van der Waals surface area (Å²) in [6.07, 6.45) is 10.2. The molecule has 1 saturated carbocycles. The summed E-state index contributed by atoms with van der Waals surface area (Å²) in [6.45, 7) is 1.57. The Morgan fingerprint density at radius 1 is 1.10 bits per heavy atom. The first kappa shape index (κ1) is 28.3. The standard InChI is InChI=1S/C30H32Cl2N4O4/c1-18(37)34-25-11-4-5-12-26(25)36-28(23-14-13-19(31)16-24(23)32)27(21-9-2-3-10-22(21)30(36)39)29(38)35-40-17-20-8-6-7-15-33-20/h6-10,13-16,25-28H,2-5,11-12,17H2,1H3,(H,34,37)(H,35,38)/t25-,26-,27+,28-/m0/s1. The molecule has 10 heteroatoms. The number of nitrogens with zero attached hydrogens (tertiary/aromatic N) is 2. The van der Waals surface area contributed by atoms with Gasteiger partial charge in [0.2, 0.25) is 5.91 Å². The minimum Gasteiger partial charge on any atom is -0.352 e. The Balaban J connectivity index is 1.57. The van der Waals surface area contributed by atoms with E-state index in [-0.39, 0.29) is 30.5 Å². The predicted octanol–water partition coefficient (Wildman–Crippen LogP) is 5.23. The predicted molar refractivity (Wildman–Crippen MR) is 152 cm³/mol. The van der Waals surface area contributed by atoms with Crippen LogP contribution in [0.5, 0.6) is 0 Å². The number of pyridine rings is 1. The Labute approximate surface area is 243 Å². The number of likely N-dealkylation sites (tertiary alicyclic amines) is 1. The Hall–Kier alpha value is -3.20. The first-order chi connectivity index (χ1) is 19.3. The molecule has 2 aliphatic carbocycles. The van der Waals surface area contributed by atoms with E-state index in [0.717, 1.165) is 19.3 Å². The average molecular weight is 584 g/mol. The summed E-state index contributed by atoms with van der Waals surface area (Å²) < 4.78 is 0. The summed E-state index contributed by atoms with van der Waals surface area (Å²) in [7, 11) is 0. The van der Waals surface area contributed by atoms with Crippen molar-refractivity contribution < 1.29 is 19.2 Å². The summed E-state index contributed by atoms with van der Waals surface area (Å²) >= 11 is 13.0. The second kappa shape index (κ2) is 12.5. The van der Waals surface area contributed by atoms with Crippen molar-refractivity contribution in [1.29, 1.82) is 0 Å². The lowest BCUT2D eigenvalue weighted by molar-refractivity contribution is -0.147. The first-order valence-electron chi connectivity index (χ1n) is 13.6. The van der Waals surface area contributed by atoms with Crippen molar-refractivity contribution in [3.05, 3.63) is 87.2 Å². The molecular weight excluding hydrogens is 551 g/mol. The number of hydrogen-bond donors (Lipinski definition) is 2. The molecule has 3 aliphatic rings. The molecule has 210 valence electrons. The molecule has 40 heavy (non-hydrogen) atoms. The zero-order chi connectivity index (χ0) is 28.2. The minimum atomic E-state index is -0.799. The van der Waals surface area contributed by atoms with Gasteiger partial charge < -0.3 is 10.2 Å². The van der Waals surface area contributed by atoms with E-state index in [4.69, 9.17) is 28.0 Å². The summed E-state index contributed by atoms with van der Waals surface area (Å²) in [4.78, 5) is 52.1. The van der Waals surface area contributed by atoms with E-state index < -0.39 is 17.9 Å². The van der Waals surface area contributed by atoms with Crippen LogP contribution >= 0.6 is 23.2 Å². The molecule has 1 saturated heterocycles. The zero-order valence-corrected chi connectivity index (χ0v) is 23.8. The van der Waals surface area contributed by atoms with E-state index in [1.165, 1.54) is 6.92 Å². The molecule has 3 amide bonds. The molecule has 0 unspecified atom stereocenters. The van der Waals surface area contributed by atoms with Crippen LogP contribution in [-0.4, -0.2) is 39.7 Å². The summed E-state index contributed by atoms with van der Waals surface area (Å²) in [5.41, 5.74) is 5.08. The highest BCUT2D eigenvalue weighted by Crippen LogP contribution is 2.48. The molecule has 1 aromatic carbocycles.